The lowest BCUT2D eigenvalue weighted by atomic mass is 10.2. The molecule has 25 heavy (non-hydrogen) atoms. The number of nitrogens with zero attached hydrogens (tertiary/aromatic N) is 3. The Labute approximate surface area is 140 Å². The fraction of sp³-hybridized carbons (Fsp3) is 0.467. The van der Waals surface area contributed by atoms with Crippen molar-refractivity contribution in [2.45, 2.75) is 26.6 Å². The maximum atomic E-state index is 12.8. The van der Waals surface area contributed by atoms with Gasteiger partial charge in [0.15, 0.2) is 0 Å². The molecule has 10 heteroatoms. The smallest absolute Gasteiger partial charge is 0.354 e. The number of carbonyl (C=O) groups excluding carboxylic acids is 1. The number of amides is 1. The lowest BCUT2D eigenvalue weighted by Crippen LogP contribution is -2.44. The van der Waals surface area contributed by atoms with E-state index in [1.165, 1.54) is 7.05 Å². The highest BCUT2D eigenvalue weighted by Gasteiger charge is 2.33. The van der Waals surface area contributed by atoms with E-state index < -0.39 is 35.6 Å². The maximum absolute atomic E-state index is 12.8. The van der Waals surface area contributed by atoms with Crippen LogP contribution in [0.5, 0.6) is 0 Å². The van der Waals surface area contributed by atoms with Crippen LogP contribution in [0, 0.1) is 5.92 Å². The van der Waals surface area contributed by atoms with Crippen LogP contribution in [0.1, 0.15) is 19.5 Å². The molecule has 0 aliphatic heterocycles. The first kappa shape index (κ1) is 18.7. The summed E-state index contributed by atoms with van der Waals surface area (Å²) in [6.07, 6.45) is -4.70. The van der Waals surface area contributed by atoms with Gasteiger partial charge in [-0.2, -0.15) is 13.2 Å². The number of pyridine rings is 1. The lowest BCUT2D eigenvalue weighted by molar-refractivity contribution is -0.141. The predicted octanol–water partition coefficient (Wildman–Crippen LogP) is 0.886. The Bertz CT molecular complexity index is 928. The molecule has 0 saturated heterocycles. The van der Waals surface area contributed by atoms with Crippen molar-refractivity contribution in [3.63, 3.8) is 0 Å². The number of hydrogen-bond donors (Lipinski definition) is 1. The highest BCUT2D eigenvalue weighted by Crippen LogP contribution is 2.28. The summed E-state index contributed by atoms with van der Waals surface area (Å²) < 4.78 is 39.8. The van der Waals surface area contributed by atoms with Gasteiger partial charge < -0.3 is 5.32 Å². The molecule has 0 atom stereocenters. The summed E-state index contributed by atoms with van der Waals surface area (Å²) in [7, 11) is 1.19. The van der Waals surface area contributed by atoms with Crippen LogP contribution in [0.3, 0.4) is 0 Å². The van der Waals surface area contributed by atoms with Gasteiger partial charge in [0.1, 0.15) is 17.9 Å². The molecule has 2 rings (SSSR count). The molecule has 0 aliphatic rings. The number of halogens is 3. The maximum Gasteiger partial charge on any atom is 0.433 e. The van der Waals surface area contributed by atoms with Gasteiger partial charge in [-0.25, -0.2) is 9.78 Å². The van der Waals surface area contributed by atoms with Gasteiger partial charge in [0.05, 0.1) is 5.39 Å². The van der Waals surface area contributed by atoms with E-state index >= 15 is 0 Å². The number of fused-ring (bicyclic) bond motifs is 1. The van der Waals surface area contributed by atoms with Gasteiger partial charge in [-0.1, -0.05) is 13.8 Å². The minimum absolute atomic E-state index is 0.174. The Balaban J connectivity index is 2.53. The molecule has 7 nitrogen and oxygen atoms in total. The number of aromatic nitrogens is 3. The molecule has 0 unspecified atom stereocenters. The zero-order valence-electron chi connectivity index (χ0n) is 13.8. The Morgan fingerprint density at radius 1 is 1.28 bits per heavy atom. The minimum Gasteiger partial charge on any atom is -0.354 e. The van der Waals surface area contributed by atoms with Crippen LogP contribution in [-0.2, 0) is 24.6 Å². The molecule has 0 radical (unpaired) electrons. The third-order valence-electron chi connectivity index (χ3n) is 3.49. The number of nitrogens with one attached hydrogen (secondary N) is 1. The Morgan fingerprint density at radius 2 is 1.92 bits per heavy atom. The van der Waals surface area contributed by atoms with Crippen molar-refractivity contribution in [3.05, 3.63) is 38.7 Å². The van der Waals surface area contributed by atoms with E-state index in [-0.39, 0.29) is 17.0 Å². The molecule has 0 bridgehead atoms. The second-order valence-electron chi connectivity index (χ2n) is 6.00. The van der Waals surface area contributed by atoms with E-state index in [1.807, 2.05) is 13.8 Å². The molecule has 2 aromatic heterocycles. The van der Waals surface area contributed by atoms with Crippen molar-refractivity contribution in [2.24, 2.45) is 13.0 Å². The number of rotatable bonds is 4. The zero-order valence-corrected chi connectivity index (χ0v) is 13.8. The number of carbonyl (C=O) groups is 1. The van der Waals surface area contributed by atoms with Crippen molar-refractivity contribution in [1.29, 1.82) is 0 Å². The Hall–Kier alpha value is -2.65. The number of alkyl halides is 3. The summed E-state index contributed by atoms with van der Waals surface area (Å²) in [5, 5.41) is 2.40. The fourth-order valence-corrected chi connectivity index (χ4v) is 2.19. The van der Waals surface area contributed by atoms with Crippen LogP contribution in [0.2, 0.25) is 0 Å². The van der Waals surface area contributed by atoms with Crippen molar-refractivity contribution in [3.8, 4) is 0 Å². The first-order valence-electron chi connectivity index (χ1n) is 7.47. The Morgan fingerprint density at radius 3 is 2.48 bits per heavy atom. The van der Waals surface area contributed by atoms with E-state index in [0.717, 1.165) is 10.6 Å². The second kappa shape index (κ2) is 6.69. The third-order valence-corrected chi connectivity index (χ3v) is 3.49. The van der Waals surface area contributed by atoms with Crippen molar-refractivity contribution >= 4 is 16.9 Å². The number of hydrogen-bond acceptors (Lipinski definition) is 4. The quantitative estimate of drug-likeness (QED) is 0.879. The van der Waals surface area contributed by atoms with Crippen molar-refractivity contribution in [1.82, 2.24) is 19.4 Å². The molecule has 0 saturated carbocycles. The topological polar surface area (TPSA) is 86.0 Å². The van der Waals surface area contributed by atoms with E-state index in [2.05, 4.69) is 10.3 Å². The molecule has 0 fully saturated rings. The van der Waals surface area contributed by atoms with E-state index in [4.69, 9.17) is 0 Å². The molecule has 136 valence electrons. The van der Waals surface area contributed by atoms with Gasteiger partial charge in [-0.05, 0) is 18.1 Å². The number of aryl methyl sites for hydroxylation is 1. The zero-order chi connectivity index (χ0) is 18.9. The second-order valence-corrected chi connectivity index (χ2v) is 6.00. The summed E-state index contributed by atoms with van der Waals surface area (Å²) in [6, 6.07) is 1.62. The van der Waals surface area contributed by atoms with Crippen LogP contribution in [0.4, 0.5) is 13.2 Å². The van der Waals surface area contributed by atoms with Gasteiger partial charge in [0, 0.05) is 13.6 Å². The molecule has 0 spiro atoms. The van der Waals surface area contributed by atoms with Crippen LogP contribution in [-0.4, -0.2) is 26.6 Å². The monoisotopic (exact) mass is 358 g/mol. The van der Waals surface area contributed by atoms with Gasteiger partial charge in [0.2, 0.25) is 5.91 Å². The summed E-state index contributed by atoms with van der Waals surface area (Å²) in [5.74, 6) is -0.350. The molecular formula is C15H17F3N4O3. The van der Waals surface area contributed by atoms with E-state index in [9.17, 15) is 27.6 Å². The summed E-state index contributed by atoms with van der Waals surface area (Å²) in [4.78, 5) is 39.9. The Kier molecular flexibility index (Phi) is 5.00. The molecule has 1 amide bonds. The van der Waals surface area contributed by atoms with Crippen LogP contribution in [0.25, 0.3) is 11.0 Å². The summed E-state index contributed by atoms with van der Waals surface area (Å²) >= 11 is 0. The van der Waals surface area contributed by atoms with Crippen molar-refractivity contribution < 1.29 is 18.0 Å². The molecule has 1 N–H and O–H groups in total. The summed E-state index contributed by atoms with van der Waals surface area (Å²) in [6.45, 7) is 3.62. The predicted molar refractivity (Wildman–Crippen MR) is 84.1 cm³/mol. The highest BCUT2D eigenvalue weighted by molar-refractivity contribution is 5.77. The average Bonchev–Trinajstić information content (AvgIpc) is 2.53. The first-order valence-corrected chi connectivity index (χ1v) is 7.47. The van der Waals surface area contributed by atoms with E-state index in [0.29, 0.717) is 17.2 Å². The normalized spacial score (nSPS) is 12.0. The van der Waals surface area contributed by atoms with Crippen LogP contribution >= 0.6 is 0 Å². The minimum atomic E-state index is -4.70. The SMILES string of the molecule is CC(C)CNC(=O)Cn1c(=O)c2ccc(C(F)(F)F)nc2n(C)c1=O. The largest absolute Gasteiger partial charge is 0.433 e. The lowest BCUT2D eigenvalue weighted by Gasteiger charge is -2.12. The molecule has 0 aromatic carbocycles. The molecule has 0 aliphatic carbocycles. The standard InChI is InChI=1S/C15H17F3N4O3/c1-8(2)6-19-11(23)7-22-13(24)9-4-5-10(15(16,17)18)20-12(9)21(3)14(22)25/h4-5,8H,6-7H2,1-3H3,(H,19,23). The summed E-state index contributed by atoms with van der Waals surface area (Å²) in [5.41, 5.74) is -3.37. The molecule has 2 heterocycles. The molecule has 2 aromatic rings. The van der Waals surface area contributed by atoms with Gasteiger partial charge in [0.25, 0.3) is 5.56 Å². The molecular weight excluding hydrogens is 341 g/mol. The highest BCUT2D eigenvalue weighted by atomic mass is 19.4. The van der Waals surface area contributed by atoms with Crippen LogP contribution in [0.15, 0.2) is 21.7 Å². The van der Waals surface area contributed by atoms with Crippen molar-refractivity contribution in [2.75, 3.05) is 6.54 Å². The first-order chi connectivity index (χ1) is 11.5. The fourth-order valence-electron chi connectivity index (χ4n) is 2.19. The third kappa shape index (κ3) is 3.89. The average molecular weight is 358 g/mol. The van der Waals surface area contributed by atoms with Gasteiger partial charge in [-0.15, -0.1) is 0 Å². The van der Waals surface area contributed by atoms with Gasteiger partial charge >= 0.3 is 11.9 Å². The van der Waals surface area contributed by atoms with Gasteiger partial charge in [-0.3, -0.25) is 18.7 Å². The van der Waals surface area contributed by atoms with Crippen LogP contribution < -0.4 is 16.6 Å². The van der Waals surface area contributed by atoms with E-state index in [1.54, 1.807) is 0 Å².